The maximum absolute atomic E-state index is 12.7. The smallest absolute Gasteiger partial charge is 0.336 e. The zero-order valence-electron chi connectivity index (χ0n) is 25.3. The summed E-state index contributed by atoms with van der Waals surface area (Å²) >= 11 is 0. The van der Waals surface area contributed by atoms with Crippen LogP contribution in [0.2, 0.25) is 0 Å². The van der Waals surface area contributed by atoms with Crippen LogP contribution in [-0.2, 0) is 32.1 Å². The molecule has 0 atom stereocenters. The summed E-state index contributed by atoms with van der Waals surface area (Å²) in [5, 5.41) is 30.4. The van der Waals surface area contributed by atoms with Crippen molar-refractivity contribution in [1.82, 2.24) is 5.06 Å². The average Bonchev–Trinajstić information content (AvgIpc) is 3.36. The number of carbonyl (C=O) groups is 4. The van der Waals surface area contributed by atoms with Gasteiger partial charge in [0.05, 0.1) is 18.6 Å². The number of phenolic OH excluding ortho intramolecular Hbond substituents is 1. The molecule has 0 aromatic heterocycles. The Morgan fingerprint density at radius 2 is 1.52 bits per heavy atom. The molecule has 46 heavy (non-hydrogen) atoms. The van der Waals surface area contributed by atoms with Crippen LogP contribution in [0.4, 0.5) is 11.4 Å². The summed E-state index contributed by atoms with van der Waals surface area (Å²) < 4.78 is 5.80. The third kappa shape index (κ3) is 6.26. The Morgan fingerprint density at radius 3 is 2.22 bits per heavy atom. The van der Waals surface area contributed by atoms with Crippen LogP contribution in [0.1, 0.15) is 71.1 Å². The van der Waals surface area contributed by atoms with Crippen molar-refractivity contribution < 1.29 is 39.0 Å². The number of imide groups is 1. The Morgan fingerprint density at radius 1 is 0.848 bits per heavy atom. The second-order valence-electron chi connectivity index (χ2n) is 11.6. The monoisotopic (exact) mass is 625 g/mol. The molecular formula is C35H35N3O8. The Balaban J connectivity index is 1.33. The van der Waals surface area contributed by atoms with Gasteiger partial charge in [0, 0.05) is 54.5 Å². The number of carboxylic acid groups (broad SMARTS) is 1. The number of hydrogen-bond donors (Lipinski definition) is 4. The second kappa shape index (κ2) is 13.0. The largest absolute Gasteiger partial charge is 0.507 e. The molecule has 3 aromatic carbocycles. The van der Waals surface area contributed by atoms with E-state index >= 15 is 0 Å². The molecule has 11 nitrogen and oxygen atoms in total. The van der Waals surface area contributed by atoms with Crippen molar-refractivity contribution in [3.05, 3.63) is 80.7 Å². The number of carbonyl (C=O) groups excluding carboxylic acids is 3. The van der Waals surface area contributed by atoms with E-state index in [-0.39, 0.29) is 49.4 Å². The second-order valence-corrected chi connectivity index (χ2v) is 11.6. The van der Waals surface area contributed by atoms with Crippen LogP contribution in [0.25, 0.3) is 12.2 Å². The fraction of sp³-hybridized carbons (Fsp3) is 0.314. The maximum Gasteiger partial charge on any atom is 0.336 e. The van der Waals surface area contributed by atoms with Crippen LogP contribution in [0.15, 0.2) is 42.5 Å². The van der Waals surface area contributed by atoms with Gasteiger partial charge in [-0.15, -0.1) is 5.06 Å². The van der Waals surface area contributed by atoms with Crippen molar-refractivity contribution in [3.63, 3.8) is 0 Å². The topological polar surface area (TPSA) is 154 Å². The van der Waals surface area contributed by atoms with Crippen LogP contribution in [0, 0.1) is 0 Å². The van der Waals surface area contributed by atoms with Gasteiger partial charge in [-0.25, -0.2) is 9.59 Å². The molecule has 3 aliphatic heterocycles. The summed E-state index contributed by atoms with van der Waals surface area (Å²) in [4.78, 5) is 53.1. The van der Waals surface area contributed by atoms with E-state index < -0.39 is 23.8 Å². The fourth-order valence-corrected chi connectivity index (χ4v) is 6.16. The lowest BCUT2D eigenvalue weighted by Gasteiger charge is -2.22. The molecule has 0 aliphatic carbocycles. The number of amides is 2. The highest BCUT2D eigenvalue weighted by Gasteiger charge is 2.32. The molecular weight excluding hydrogens is 590 g/mol. The summed E-state index contributed by atoms with van der Waals surface area (Å²) in [5.74, 6) is -2.71. The first-order chi connectivity index (χ1) is 22.2. The lowest BCUT2D eigenvalue weighted by atomic mass is 9.87. The first-order valence-corrected chi connectivity index (χ1v) is 15.5. The van der Waals surface area contributed by atoms with Gasteiger partial charge in [-0.1, -0.05) is 6.58 Å². The molecule has 3 aliphatic rings. The molecule has 0 spiro atoms. The summed E-state index contributed by atoms with van der Waals surface area (Å²) in [7, 11) is 0. The SMILES string of the molecule is C=c1cc2c(c/c1=C(/c1cc3c(cc1O)NCCC3)c1ccc(OCCCC(=O)ON3C(=O)CCC3=O)cc1C(=O)O)CCCN2. The highest BCUT2D eigenvalue weighted by Crippen LogP contribution is 2.37. The van der Waals surface area contributed by atoms with E-state index in [2.05, 4.69) is 17.2 Å². The average molecular weight is 626 g/mol. The summed E-state index contributed by atoms with van der Waals surface area (Å²) in [6.07, 6.45) is 3.72. The van der Waals surface area contributed by atoms with Crippen LogP contribution < -0.4 is 25.8 Å². The molecule has 1 fully saturated rings. The van der Waals surface area contributed by atoms with Gasteiger partial charge in [-0.2, -0.15) is 0 Å². The molecule has 3 heterocycles. The van der Waals surface area contributed by atoms with Crippen molar-refractivity contribution >= 4 is 47.3 Å². The van der Waals surface area contributed by atoms with Gasteiger partial charge in [-0.05, 0) is 95.6 Å². The number of anilines is 2. The normalized spacial score (nSPS) is 16.1. The van der Waals surface area contributed by atoms with E-state index in [0.717, 1.165) is 66.5 Å². The number of benzene rings is 3. The third-order valence-electron chi connectivity index (χ3n) is 8.45. The van der Waals surface area contributed by atoms with Crippen molar-refractivity contribution in [2.24, 2.45) is 0 Å². The molecule has 0 unspecified atom stereocenters. The standard InChI is InChI=1S/C35H35N3O8/c1-20-15-28-21(5-2-12-36-28)16-25(20)34(27-17-22-6-3-13-37-29(22)19-30(27)39)24-9-8-23(18-26(24)35(43)44)45-14-4-7-33(42)46-38-31(40)10-11-32(38)41/h8-9,15-19,36-37,39H,1-7,10-14H2,(H,43,44)/b34-25-. The van der Waals surface area contributed by atoms with Crippen LogP contribution in [0.3, 0.4) is 0 Å². The number of phenols is 1. The van der Waals surface area contributed by atoms with Gasteiger partial charge in [0.2, 0.25) is 0 Å². The first-order valence-electron chi connectivity index (χ1n) is 15.5. The minimum atomic E-state index is -1.18. The number of ether oxygens (including phenoxy) is 1. The Kier molecular flexibility index (Phi) is 8.65. The van der Waals surface area contributed by atoms with E-state index in [4.69, 9.17) is 9.57 Å². The van der Waals surface area contributed by atoms with Gasteiger partial charge in [0.25, 0.3) is 11.8 Å². The molecule has 11 heteroatoms. The number of nitrogens with one attached hydrogen (secondary N) is 2. The maximum atomic E-state index is 12.7. The number of aromatic carboxylic acids is 1. The highest BCUT2D eigenvalue weighted by atomic mass is 16.7. The minimum Gasteiger partial charge on any atom is -0.507 e. The lowest BCUT2D eigenvalue weighted by Crippen LogP contribution is -2.32. The molecule has 0 radical (unpaired) electrons. The number of aromatic hydroxyl groups is 1. The molecule has 1 saturated heterocycles. The first kappa shape index (κ1) is 30.7. The van der Waals surface area contributed by atoms with Crippen molar-refractivity contribution in [1.29, 1.82) is 0 Å². The van der Waals surface area contributed by atoms with E-state index in [1.54, 1.807) is 18.2 Å². The quantitative estimate of drug-likeness (QED) is 0.206. The van der Waals surface area contributed by atoms with Crippen molar-refractivity contribution in [2.45, 2.75) is 51.4 Å². The molecule has 238 valence electrons. The Labute approximate surface area is 265 Å². The third-order valence-corrected chi connectivity index (χ3v) is 8.45. The van der Waals surface area contributed by atoms with E-state index in [1.807, 2.05) is 18.2 Å². The molecule has 3 aromatic rings. The molecule has 0 saturated carbocycles. The van der Waals surface area contributed by atoms with Crippen molar-refractivity contribution in [3.8, 4) is 11.5 Å². The van der Waals surface area contributed by atoms with Gasteiger partial charge >= 0.3 is 11.9 Å². The van der Waals surface area contributed by atoms with Crippen LogP contribution in [0.5, 0.6) is 11.5 Å². The summed E-state index contributed by atoms with van der Waals surface area (Å²) in [6, 6.07) is 12.4. The fourth-order valence-electron chi connectivity index (χ4n) is 6.16. The number of hydroxylamine groups is 2. The van der Waals surface area contributed by atoms with Gasteiger partial charge in [0.15, 0.2) is 0 Å². The molecule has 4 N–H and O–H groups in total. The van der Waals surface area contributed by atoms with Crippen LogP contribution >= 0.6 is 0 Å². The number of nitrogens with zero attached hydrogens (tertiary/aromatic N) is 1. The summed E-state index contributed by atoms with van der Waals surface area (Å²) in [5.41, 5.74) is 5.45. The van der Waals surface area contributed by atoms with E-state index in [9.17, 15) is 29.4 Å². The van der Waals surface area contributed by atoms with E-state index in [0.29, 0.717) is 27.0 Å². The predicted molar refractivity (Wildman–Crippen MR) is 170 cm³/mol. The molecule has 0 bridgehead atoms. The van der Waals surface area contributed by atoms with E-state index in [1.165, 1.54) is 6.07 Å². The minimum absolute atomic E-state index is 0.0132. The highest BCUT2D eigenvalue weighted by molar-refractivity contribution is 6.01. The predicted octanol–water partition coefficient (Wildman–Crippen LogP) is 3.23. The zero-order valence-corrected chi connectivity index (χ0v) is 25.3. The van der Waals surface area contributed by atoms with Crippen molar-refractivity contribution in [2.75, 3.05) is 30.3 Å². The van der Waals surface area contributed by atoms with Gasteiger partial charge in [-0.3, -0.25) is 9.59 Å². The molecule has 2 amide bonds. The Bertz CT molecular complexity index is 1850. The van der Waals surface area contributed by atoms with Gasteiger partial charge in [0.1, 0.15) is 11.5 Å². The zero-order chi connectivity index (χ0) is 32.4. The number of rotatable bonds is 9. The lowest BCUT2D eigenvalue weighted by molar-refractivity contribution is -0.197. The number of fused-ring (bicyclic) bond motifs is 2. The number of carboxylic acids is 1. The number of aryl methyl sites for hydroxylation is 2. The van der Waals surface area contributed by atoms with Crippen LogP contribution in [-0.4, -0.2) is 58.7 Å². The summed E-state index contributed by atoms with van der Waals surface area (Å²) in [6.45, 7) is 6.05. The van der Waals surface area contributed by atoms with Gasteiger partial charge < -0.3 is 30.4 Å². The number of hydrogen-bond acceptors (Lipinski definition) is 9. The molecule has 6 rings (SSSR count). The Hall–Kier alpha value is -5.32.